The van der Waals surface area contributed by atoms with Gasteiger partial charge >= 0.3 is 0 Å². The Kier molecular flexibility index (Phi) is 5.07. The third kappa shape index (κ3) is 3.61. The molecule has 3 nitrogen and oxygen atoms in total. The van der Waals surface area contributed by atoms with Crippen LogP contribution in [-0.4, -0.2) is 36.1 Å². The number of thiazole rings is 1. The third-order valence-electron chi connectivity index (χ3n) is 5.08. The van der Waals surface area contributed by atoms with Gasteiger partial charge in [0.05, 0.1) is 0 Å². The molecule has 1 aromatic heterocycles. The zero-order valence-corrected chi connectivity index (χ0v) is 15.2. The topological polar surface area (TPSA) is 28.2 Å². The molecule has 2 fully saturated rings. The Morgan fingerprint density at radius 2 is 2.09 bits per heavy atom. The van der Waals surface area contributed by atoms with Crippen LogP contribution in [0.25, 0.3) is 10.6 Å². The molecule has 1 aromatic carbocycles. The summed E-state index contributed by atoms with van der Waals surface area (Å²) < 4.78 is 0. The fraction of sp³-hybridized carbons (Fsp3) is 0.500. The van der Waals surface area contributed by atoms with Crippen LogP contribution in [-0.2, 0) is 6.54 Å². The van der Waals surface area contributed by atoms with Crippen LogP contribution in [0.15, 0.2) is 30.5 Å². The zero-order chi connectivity index (χ0) is 15.0. The van der Waals surface area contributed by atoms with Gasteiger partial charge in [0.2, 0.25) is 0 Å². The molecule has 2 saturated heterocycles. The molecular weight excluding hydrogens is 326 g/mol. The Morgan fingerprint density at radius 1 is 1.26 bits per heavy atom. The first kappa shape index (κ1) is 16.9. The maximum Gasteiger partial charge on any atom is 0.123 e. The molecule has 5 heteroatoms. The van der Waals surface area contributed by atoms with Crippen LogP contribution in [0.5, 0.6) is 0 Å². The molecule has 1 unspecified atom stereocenters. The summed E-state index contributed by atoms with van der Waals surface area (Å²) >= 11 is 1.84. The monoisotopic (exact) mass is 349 g/mol. The summed E-state index contributed by atoms with van der Waals surface area (Å²) in [7, 11) is 0. The molecule has 1 spiro atoms. The number of nitrogens with zero attached hydrogens (tertiary/aromatic N) is 2. The molecule has 0 radical (unpaired) electrons. The van der Waals surface area contributed by atoms with E-state index in [-0.39, 0.29) is 12.4 Å². The highest BCUT2D eigenvalue weighted by Gasteiger charge is 2.40. The summed E-state index contributed by atoms with van der Waals surface area (Å²) in [6.07, 6.45) is 4.77. The molecule has 0 amide bonds. The molecule has 0 bridgehead atoms. The van der Waals surface area contributed by atoms with Crippen molar-refractivity contribution in [1.82, 2.24) is 15.2 Å². The number of benzene rings is 1. The molecule has 1 atom stereocenters. The Hall–Kier alpha value is -0.940. The molecule has 1 N–H and O–H groups in total. The van der Waals surface area contributed by atoms with Gasteiger partial charge in [-0.15, -0.1) is 23.7 Å². The van der Waals surface area contributed by atoms with E-state index in [2.05, 4.69) is 52.6 Å². The lowest BCUT2D eigenvalue weighted by Crippen LogP contribution is -2.28. The van der Waals surface area contributed by atoms with Gasteiger partial charge in [0, 0.05) is 36.3 Å². The van der Waals surface area contributed by atoms with Crippen molar-refractivity contribution in [3.63, 3.8) is 0 Å². The molecule has 124 valence electrons. The highest BCUT2D eigenvalue weighted by Crippen LogP contribution is 2.37. The number of aryl methyl sites for hydroxylation is 1. The van der Waals surface area contributed by atoms with Crippen LogP contribution in [0.1, 0.15) is 23.3 Å². The van der Waals surface area contributed by atoms with Gasteiger partial charge in [-0.25, -0.2) is 4.98 Å². The summed E-state index contributed by atoms with van der Waals surface area (Å²) in [5.74, 6) is 0. The van der Waals surface area contributed by atoms with E-state index in [1.807, 2.05) is 11.3 Å². The highest BCUT2D eigenvalue weighted by atomic mass is 35.5. The fourth-order valence-electron chi connectivity index (χ4n) is 3.74. The van der Waals surface area contributed by atoms with Gasteiger partial charge in [-0.1, -0.05) is 29.8 Å². The predicted molar refractivity (Wildman–Crippen MR) is 99.3 cm³/mol. The molecule has 2 aromatic rings. The molecule has 3 heterocycles. The van der Waals surface area contributed by atoms with Crippen molar-refractivity contribution in [3.8, 4) is 10.6 Å². The van der Waals surface area contributed by atoms with E-state index in [4.69, 9.17) is 0 Å². The second-order valence-corrected chi connectivity index (χ2v) is 8.00. The minimum atomic E-state index is 0. The number of nitrogens with one attached hydrogen (secondary N) is 1. The first-order chi connectivity index (χ1) is 10.7. The summed E-state index contributed by atoms with van der Waals surface area (Å²) in [6, 6.07) is 8.67. The lowest BCUT2D eigenvalue weighted by Gasteiger charge is -2.22. The maximum atomic E-state index is 4.63. The Balaban J connectivity index is 0.00000156. The Labute approximate surface area is 148 Å². The largest absolute Gasteiger partial charge is 0.316 e. The van der Waals surface area contributed by atoms with Crippen molar-refractivity contribution in [3.05, 3.63) is 40.9 Å². The van der Waals surface area contributed by atoms with Crippen LogP contribution in [0.2, 0.25) is 0 Å². The number of aromatic nitrogens is 1. The third-order valence-corrected chi connectivity index (χ3v) is 6.11. The maximum absolute atomic E-state index is 4.63. The van der Waals surface area contributed by atoms with E-state index in [9.17, 15) is 0 Å². The molecular formula is C18H24ClN3S. The first-order valence-corrected chi connectivity index (χ1v) is 8.99. The van der Waals surface area contributed by atoms with Crippen LogP contribution >= 0.6 is 23.7 Å². The lowest BCUT2D eigenvalue weighted by atomic mass is 9.87. The average molecular weight is 350 g/mol. The summed E-state index contributed by atoms with van der Waals surface area (Å²) in [6.45, 7) is 8.08. The van der Waals surface area contributed by atoms with E-state index in [0.717, 1.165) is 11.6 Å². The standard InChI is InChI=1S/C18H23N3S.ClH/c1-14-2-4-15(5-3-14)17-20-10-16(22-17)11-21-9-7-18(13-21)6-8-19-12-18;/h2-5,10,19H,6-9,11-13H2,1H3;1H. The Morgan fingerprint density at radius 3 is 2.83 bits per heavy atom. The van der Waals surface area contributed by atoms with Crippen LogP contribution < -0.4 is 5.32 Å². The SMILES string of the molecule is Cc1ccc(-c2ncc(CN3CCC4(CCNC4)C3)s2)cc1.Cl. The summed E-state index contributed by atoms with van der Waals surface area (Å²) in [4.78, 5) is 8.62. The number of rotatable bonds is 3. The van der Waals surface area contributed by atoms with Gasteiger partial charge < -0.3 is 5.32 Å². The molecule has 23 heavy (non-hydrogen) atoms. The highest BCUT2D eigenvalue weighted by molar-refractivity contribution is 7.15. The molecule has 2 aliphatic heterocycles. The lowest BCUT2D eigenvalue weighted by molar-refractivity contribution is 0.270. The van der Waals surface area contributed by atoms with Gasteiger partial charge in [0.25, 0.3) is 0 Å². The Bertz CT molecular complexity index is 647. The van der Waals surface area contributed by atoms with Crippen LogP contribution in [0, 0.1) is 12.3 Å². The van der Waals surface area contributed by atoms with E-state index in [1.54, 1.807) is 0 Å². The van der Waals surface area contributed by atoms with Crippen molar-refractivity contribution in [2.24, 2.45) is 5.41 Å². The zero-order valence-electron chi connectivity index (χ0n) is 13.5. The van der Waals surface area contributed by atoms with E-state index >= 15 is 0 Å². The second-order valence-electron chi connectivity index (χ2n) is 6.89. The van der Waals surface area contributed by atoms with Gasteiger partial charge in [0.1, 0.15) is 5.01 Å². The number of hydrogen-bond donors (Lipinski definition) is 1. The van der Waals surface area contributed by atoms with Crippen molar-refractivity contribution in [2.75, 3.05) is 26.2 Å². The predicted octanol–water partition coefficient (Wildman–Crippen LogP) is 3.73. The molecule has 0 saturated carbocycles. The summed E-state index contributed by atoms with van der Waals surface area (Å²) in [5.41, 5.74) is 3.09. The minimum absolute atomic E-state index is 0. The number of hydrogen-bond acceptors (Lipinski definition) is 4. The van der Waals surface area contributed by atoms with Crippen molar-refractivity contribution in [2.45, 2.75) is 26.3 Å². The van der Waals surface area contributed by atoms with Gasteiger partial charge in [-0.3, -0.25) is 4.90 Å². The van der Waals surface area contributed by atoms with Crippen LogP contribution in [0.4, 0.5) is 0 Å². The van der Waals surface area contributed by atoms with Gasteiger partial charge in [-0.2, -0.15) is 0 Å². The number of halogens is 1. The van der Waals surface area contributed by atoms with E-state index in [1.165, 1.54) is 55.0 Å². The average Bonchev–Trinajstić information content (AvgIpc) is 3.24. The minimum Gasteiger partial charge on any atom is -0.316 e. The van der Waals surface area contributed by atoms with Gasteiger partial charge in [-0.05, 0) is 38.3 Å². The van der Waals surface area contributed by atoms with Crippen molar-refractivity contribution >= 4 is 23.7 Å². The van der Waals surface area contributed by atoms with Crippen molar-refractivity contribution < 1.29 is 0 Å². The quantitative estimate of drug-likeness (QED) is 0.915. The molecule has 2 aliphatic rings. The van der Waals surface area contributed by atoms with Gasteiger partial charge in [0.15, 0.2) is 0 Å². The normalized spacial score (nSPS) is 24.2. The van der Waals surface area contributed by atoms with E-state index < -0.39 is 0 Å². The molecule has 0 aliphatic carbocycles. The van der Waals surface area contributed by atoms with E-state index in [0.29, 0.717) is 5.41 Å². The number of likely N-dealkylation sites (tertiary alicyclic amines) is 1. The van der Waals surface area contributed by atoms with Crippen molar-refractivity contribution in [1.29, 1.82) is 0 Å². The smallest absolute Gasteiger partial charge is 0.123 e. The first-order valence-electron chi connectivity index (χ1n) is 8.17. The van der Waals surface area contributed by atoms with Crippen LogP contribution in [0.3, 0.4) is 0 Å². The summed E-state index contributed by atoms with van der Waals surface area (Å²) in [5, 5.41) is 4.68. The second kappa shape index (κ2) is 6.89. The fourth-order valence-corrected chi connectivity index (χ4v) is 4.70. The molecule has 4 rings (SSSR count).